The van der Waals surface area contributed by atoms with E-state index in [0.29, 0.717) is 17.0 Å². The van der Waals surface area contributed by atoms with E-state index in [1.807, 2.05) is 0 Å². The van der Waals surface area contributed by atoms with Gasteiger partial charge in [0.05, 0.1) is 12.7 Å². The second kappa shape index (κ2) is 13.6. The summed E-state index contributed by atoms with van der Waals surface area (Å²) in [5, 5.41) is 10.1. The summed E-state index contributed by atoms with van der Waals surface area (Å²) in [7, 11) is 1.46. The highest BCUT2D eigenvalue weighted by atomic mass is 35.5. The van der Waals surface area contributed by atoms with Gasteiger partial charge >= 0.3 is 0 Å². The number of pyridine rings is 1. The highest BCUT2D eigenvalue weighted by Gasteiger charge is 2.29. The normalized spacial score (nSPS) is 11.0. The number of benzene rings is 2. The standard InChI is InChI=1S/C24H24F2N4O3.2ClH/c1-3-33-22(24(31)30-12-14-4-6-15(7-5-14)23(27)28)20-18(25)10-9-17(21(20)26)16-8-11-19(32-2)29-13-16;;/h4-11,13,22H,3,12H2,1-2H3,(H3,27,28)(H,30,31);2*1H/t22-;;/m0../s1. The van der Waals surface area contributed by atoms with Gasteiger partial charge in [0.2, 0.25) is 5.88 Å². The number of rotatable bonds is 9. The summed E-state index contributed by atoms with van der Waals surface area (Å²) in [6, 6.07) is 12.2. The Kier molecular flexibility index (Phi) is 11.5. The third kappa shape index (κ3) is 7.11. The second-order valence-electron chi connectivity index (χ2n) is 7.08. The second-order valence-corrected chi connectivity index (χ2v) is 7.08. The zero-order valence-corrected chi connectivity index (χ0v) is 20.6. The van der Waals surface area contributed by atoms with Crippen LogP contribution in [0.2, 0.25) is 0 Å². The lowest BCUT2D eigenvalue weighted by Crippen LogP contribution is -2.31. The van der Waals surface area contributed by atoms with E-state index in [-0.39, 0.29) is 49.4 Å². The first-order valence-corrected chi connectivity index (χ1v) is 10.2. The molecule has 0 unspecified atom stereocenters. The number of hydrogen-bond acceptors (Lipinski definition) is 5. The Hall–Kier alpha value is -3.27. The van der Waals surface area contributed by atoms with Gasteiger partial charge in [-0.25, -0.2) is 13.8 Å². The van der Waals surface area contributed by atoms with Crippen molar-refractivity contribution in [2.45, 2.75) is 19.6 Å². The fourth-order valence-corrected chi connectivity index (χ4v) is 3.23. The maximum Gasteiger partial charge on any atom is 0.254 e. The van der Waals surface area contributed by atoms with Crippen molar-refractivity contribution < 1.29 is 23.0 Å². The van der Waals surface area contributed by atoms with E-state index in [9.17, 15) is 9.18 Å². The van der Waals surface area contributed by atoms with E-state index in [2.05, 4.69) is 10.3 Å². The maximum absolute atomic E-state index is 15.4. The van der Waals surface area contributed by atoms with E-state index in [1.54, 1.807) is 43.3 Å². The number of nitrogen functional groups attached to an aromatic ring is 1. The molecule has 7 nitrogen and oxygen atoms in total. The van der Waals surface area contributed by atoms with Crippen LogP contribution in [0.25, 0.3) is 11.1 Å². The number of nitrogens with zero attached hydrogens (tertiary/aromatic N) is 1. The molecule has 35 heavy (non-hydrogen) atoms. The van der Waals surface area contributed by atoms with Crippen LogP contribution >= 0.6 is 24.8 Å². The van der Waals surface area contributed by atoms with Gasteiger partial charge in [0.15, 0.2) is 6.10 Å². The molecule has 1 heterocycles. The number of carbonyl (C=O) groups is 1. The minimum atomic E-state index is -1.49. The summed E-state index contributed by atoms with van der Waals surface area (Å²) in [6.07, 6.45) is -0.0861. The molecule has 0 aliphatic carbocycles. The van der Waals surface area contributed by atoms with Crippen molar-refractivity contribution in [3.63, 3.8) is 0 Å². The van der Waals surface area contributed by atoms with Crippen LogP contribution in [-0.4, -0.2) is 30.4 Å². The average molecular weight is 527 g/mol. The maximum atomic E-state index is 15.4. The molecule has 3 aromatic rings. The molecule has 188 valence electrons. The lowest BCUT2D eigenvalue weighted by molar-refractivity contribution is -0.133. The number of nitrogens with two attached hydrogens (primary N) is 1. The summed E-state index contributed by atoms with van der Waals surface area (Å²) in [4.78, 5) is 16.9. The molecule has 0 radical (unpaired) electrons. The van der Waals surface area contributed by atoms with Crippen molar-refractivity contribution in [3.8, 4) is 17.0 Å². The number of hydrogen-bond donors (Lipinski definition) is 3. The molecule has 3 rings (SSSR count). The quantitative estimate of drug-likeness (QED) is 0.279. The predicted octanol–water partition coefficient (Wildman–Crippen LogP) is 4.56. The molecule has 0 bridgehead atoms. The van der Waals surface area contributed by atoms with Gasteiger partial charge in [-0.1, -0.05) is 24.3 Å². The van der Waals surface area contributed by atoms with E-state index < -0.39 is 29.2 Å². The van der Waals surface area contributed by atoms with Crippen molar-refractivity contribution in [3.05, 3.63) is 83.1 Å². The largest absolute Gasteiger partial charge is 0.481 e. The van der Waals surface area contributed by atoms with Crippen LogP contribution in [0.1, 0.15) is 29.7 Å². The molecule has 11 heteroatoms. The molecule has 0 aliphatic rings. The van der Waals surface area contributed by atoms with Gasteiger partial charge in [-0.15, -0.1) is 24.8 Å². The molecule has 1 aromatic heterocycles. The SMILES string of the molecule is CCO[C@H](C(=O)NCc1ccc(C(=N)N)cc1)c1c(F)ccc(-c2ccc(OC)nc2)c1F.Cl.Cl. The number of nitrogens with one attached hydrogen (secondary N) is 2. The zero-order valence-electron chi connectivity index (χ0n) is 19.0. The molecule has 1 amide bonds. The van der Waals surface area contributed by atoms with Crippen molar-refractivity contribution in [1.82, 2.24) is 10.3 Å². The Bertz CT molecular complexity index is 1150. The lowest BCUT2D eigenvalue weighted by atomic mass is 9.99. The molecular formula is C24H26Cl2F2N4O3. The number of carbonyl (C=O) groups excluding carboxylic acids is 1. The minimum Gasteiger partial charge on any atom is -0.481 e. The molecule has 0 spiro atoms. The fourth-order valence-electron chi connectivity index (χ4n) is 3.23. The van der Waals surface area contributed by atoms with E-state index in [1.165, 1.54) is 19.4 Å². The van der Waals surface area contributed by atoms with Crippen LogP contribution in [0, 0.1) is 17.0 Å². The van der Waals surface area contributed by atoms with Gasteiger partial charge < -0.3 is 20.5 Å². The van der Waals surface area contributed by atoms with Gasteiger partial charge in [0.1, 0.15) is 17.5 Å². The first-order valence-electron chi connectivity index (χ1n) is 10.2. The van der Waals surface area contributed by atoms with Crippen LogP contribution in [0.15, 0.2) is 54.7 Å². The molecule has 1 atom stereocenters. The van der Waals surface area contributed by atoms with Gasteiger partial charge in [0.25, 0.3) is 5.91 Å². The van der Waals surface area contributed by atoms with Gasteiger partial charge in [-0.2, -0.15) is 0 Å². The van der Waals surface area contributed by atoms with Crippen LogP contribution in [0.4, 0.5) is 8.78 Å². The first-order chi connectivity index (χ1) is 15.8. The highest BCUT2D eigenvalue weighted by molar-refractivity contribution is 5.94. The molecule has 4 N–H and O–H groups in total. The zero-order chi connectivity index (χ0) is 24.0. The van der Waals surface area contributed by atoms with Crippen molar-refractivity contribution in [1.29, 1.82) is 5.41 Å². The molecule has 0 saturated carbocycles. The average Bonchev–Trinajstić information content (AvgIpc) is 2.82. The summed E-state index contributed by atoms with van der Waals surface area (Å²) in [5.74, 6) is -2.20. The highest BCUT2D eigenvalue weighted by Crippen LogP contribution is 2.32. The summed E-state index contributed by atoms with van der Waals surface area (Å²) < 4.78 is 40.6. The third-order valence-electron chi connectivity index (χ3n) is 4.95. The van der Waals surface area contributed by atoms with E-state index in [4.69, 9.17) is 20.6 Å². The Morgan fingerprint density at radius 1 is 1.11 bits per heavy atom. The van der Waals surface area contributed by atoms with E-state index in [0.717, 1.165) is 11.6 Å². The van der Waals surface area contributed by atoms with Crippen molar-refractivity contribution in [2.75, 3.05) is 13.7 Å². The van der Waals surface area contributed by atoms with Crippen molar-refractivity contribution >= 4 is 36.6 Å². The number of halogens is 4. The Morgan fingerprint density at radius 2 is 1.80 bits per heavy atom. The number of methoxy groups -OCH3 is 1. The predicted molar refractivity (Wildman–Crippen MR) is 134 cm³/mol. The molecule has 0 aliphatic heterocycles. The monoisotopic (exact) mass is 526 g/mol. The minimum absolute atomic E-state index is 0. The Morgan fingerprint density at radius 3 is 2.34 bits per heavy atom. The van der Waals surface area contributed by atoms with Crippen molar-refractivity contribution in [2.24, 2.45) is 5.73 Å². The fraction of sp³-hybridized carbons (Fsp3) is 0.208. The van der Waals surface area contributed by atoms with Gasteiger partial charge in [0, 0.05) is 42.1 Å². The van der Waals surface area contributed by atoms with Gasteiger partial charge in [-0.05, 0) is 30.7 Å². The van der Waals surface area contributed by atoms with E-state index >= 15 is 4.39 Å². The van der Waals surface area contributed by atoms with Crippen LogP contribution in [0.3, 0.4) is 0 Å². The first kappa shape index (κ1) is 29.8. The molecule has 2 aromatic carbocycles. The van der Waals surface area contributed by atoms with Crippen LogP contribution < -0.4 is 15.8 Å². The Labute approximate surface area is 214 Å². The smallest absolute Gasteiger partial charge is 0.254 e. The third-order valence-corrected chi connectivity index (χ3v) is 4.95. The summed E-state index contributed by atoms with van der Waals surface area (Å²) in [6.45, 7) is 1.80. The number of aromatic nitrogens is 1. The van der Waals surface area contributed by atoms with Crippen LogP contribution in [0.5, 0.6) is 5.88 Å². The number of ether oxygens (including phenoxy) is 2. The van der Waals surface area contributed by atoms with Crippen LogP contribution in [-0.2, 0) is 16.1 Å². The Balaban J connectivity index is 0.00000306. The summed E-state index contributed by atoms with van der Waals surface area (Å²) >= 11 is 0. The molecular weight excluding hydrogens is 501 g/mol. The number of amides is 1. The topological polar surface area (TPSA) is 110 Å². The summed E-state index contributed by atoms with van der Waals surface area (Å²) in [5.41, 5.74) is 6.71. The molecule has 0 saturated heterocycles. The number of amidine groups is 1. The lowest BCUT2D eigenvalue weighted by Gasteiger charge is -2.20. The molecule has 0 fully saturated rings. The van der Waals surface area contributed by atoms with Gasteiger partial charge in [-0.3, -0.25) is 10.2 Å².